The van der Waals surface area contributed by atoms with Gasteiger partial charge in [0.2, 0.25) is 0 Å². The van der Waals surface area contributed by atoms with Crippen molar-refractivity contribution in [1.82, 2.24) is 0 Å². The molecular weight excluding hydrogens is 486 g/mol. The molecule has 2 rings (SSSR count). The molecule has 12 heteroatoms. The molecular formula is C23H24F6O6. The van der Waals surface area contributed by atoms with Gasteiger partial charge in [-0.05, 0) is 49.6 Å². The highest BCUT2D eigenvalue weighted by Gasteiger charge is 2.30. The van der Waals surface area contributed by atoms with E-state index in [0.717, 1.165) is 42.5 Å². The fourth-order valence-electron chi connectivity index (χ4n) is 2.69. The molecule has 0 unspecified atom stereocenters. The van der Waals surface area contributed by atoms with Crippen LogP contribution in [-0.4, -0.2) is 47.7 Å². The second-order valence-corrected chi connectivity index (χ2v) is 7.34. The standard InChI is InChI=1S/C12H16O2.C11H8F6O4/c1-3-4-5-10-7-6-9(2)8-11(10)12(13)14;12-10(13,14)4-20-6-1-2-8(7(3-6)9(18)19)21-5-11(15,16)17/h6-8H,3-5H2,1-2H3,(H,13,14);1-3H,4-5H2,(H,18,19). The lowest BCUT2D eigenvalue weighted by molar-refractivity contribution is -0.154. The van der Waals surface area contributed by atoms with Gasteiger partial charge in [0, 0.05) is 0 Å². The van der Waals surface area contributed by atoms with Gasteiger partial charge in [0.25, 0.3) is 0 Å². The van der Waals surface area contributed by atoms with Gasteiger partial charge in [-0.2, -0.15) is 26.3 Å². The zero-order valence-corrected chi connectivity index (χ0v) is 18.8. The van der Waals surface area contributed by atoms with Crippen molar-refractivity contribution in [3.63, 3.8) is 0 Å². The first-order valence-corrected chi connectivity index (χ1v) is 10.2. The molecule has 0 aliphatic carbocycles. The lowest BCUT2D eigenvalue weighted by Crippen LogP contribution is -2.21. The number of alkyl halides is 6. The topological polar surface area (TPSA) is 93.1 Å². The number of aryl methyl sites for hydroxylation is 2. The maximum atomic E-state index is 12.0. The quantitative estimate of drug-likeness (QED) is 0.385. The number of carboxylic acid groups (broad SMARTS) is 2. The lowest BCUT2D eigenvalue weighted by atomic mass is 10.00. The van der Waals surface area contributed by atoms with Crippen molar-refractivity contribution in [1.29, 1.82) is 0 Å². The summed E-state index contributed by atoms with van der Waals surface area (Å²) in [6, 6.07) is 7.96. The third kappa shape index (κ3) is 11.5. The number of hydrogen-bond donors (Lipinski definition) is 2. The summed E-state index contributed by atoms with van der Waals surface area (Å²) in [6.45, 7) is 0.634. The van der Waals surface area contributed by atoms with Crippen molar-refractivity contribution in [3.8, 4) is 11.5 Å². The van der Waals surface area contributed by atoms with Gasteiger partial charge in [-0.15, -0.1) is 0 Å². The molecule has 0 atom stereocenters. The highest BCUT2D eigenvalue weighted by molar-refractivity contribution is 5.91. The van der Waals surface area contributed by atoms with E-state index in [2.05, 4.69) is 16.4 Å². The summed E-state index contributed by atoms with van der Waals surface area (Å²) in [5.74, 6) is -3.56. The number of benzene rings is 2. The molecule has 0 heterocycles. The summed E-state index contributed by atoms with van der Waals surface area (Å²) in [5.41, 5.74) is 1.67. The normalized spacial score (nSPS) is 11.3. The van der Waals surface area contributed by atoms with Crippen LogP contribution < -0.4 is 9.47 Å². The van der Waals surface area contributed by atoms with E-state index < -0.39 is 54.6 Å². The number of aromatic carboxylic acids is 2. The molecule has 0 aliphatic heterocycles. The van der Waals surface area contributed by atoms with E-state index in [1.54, 1.807) is 6.07 Å². The molecule has 0 spiro atoms. The van der Waals surface area contributed by atoms with Gasteiger partial charge in [0.15, 0.2) is 13.2 Å². The molecule has 194 valence electrons. The number of rotatable bonds is 9. The first-order valence-electron chi connectivity index (χ1n) is 10.2. The number of ether oxygens (including phenoxy) is 2. The van der Waals surface area contributed by atoms with Gasteiger partial charge in [-0.1, -0.05) is 31.0 Å². The van der Waals surface area contributed by atoms with Crippen LogP contribution in [-0.2, 0) is 6.42 Å². The minimum Gasteiger partial charge on any atom is -0.484 e. The van der Waals surface area contributed by atoms with Gasteiger partial charge in [-0.25, -0.2) is 9.59 Å². The van der Waals surface area contributed by atoms with E-state index in [-0.39, 0.29) is 0 Å². The van der Waals surface area contributed by atoms with Gasteiger partial charge >= 0.3 is 24.3 Å². The summed E-state index contributed by atoms with van der Waals surface area (Å²) in [6.07, 6.45) is -6.31. The van der Waals surface area contributed by atoms with Gasteiger partial charge in [0.1, 0.15) is 17.1 Å². The van der Waals surface area contributed by atoms with Crippen molar-refractivity contribution in [2.24, 2.45) is 0 Å². The summed E-state index contributed by atoms with van der Waals surface area (Å²) < 4.78 is 80.3. The molecule has 0 radical (unpaired) electrons. The molecule has 0 aromatic heterocycles. The summed E-state index contributed by atoms with van der Waals surface area (Å²) in [4.78, 5) is 21.8. The minimum atomic E-state index is -4.68. The maximum Gasteiger partial charge on any atom is 0.422 e. The largest absolute Gasteiger partial charge is 0.484 e. The van der Waals surface area contributed by atoms with Crippen LogP contribution in [0.1, 0.15) is 51.6 Å². The Hall–Kier alpha value is -3.44. The SMILES string of the molecule is CCCCc1ccc(C)cc1C(=O)O.O=C(O)c1cc(OCC(F)(F)F)ccc1OCC(F)(F)F. The summed E-state index contributed by atoms with van der Waals surface area (Å²) >= 11 is 0. The van der Waals surface area contributed by atoms with Gasteiger partial charge in [0.05, 0.1) is 5.56 Å². The number of unbranched alkanes of at least 4 members (excludes halogenated alkanes) is 1. The van der Waals surface area contributed by atoms with Crippen molar-refractivity contribution in [3.05, 3.63) is 58.7 Å². The molecule has 2 aromatic carbocycles. The van der Waals surface area contributed by atoms with Crippen LogP contribution in [0.4, 0.5) is 26.3 Å². The van der Waals surface area contributed by atoms with Crippen LogP contribution in [0.2, 0.25) is 0 Å². The molecule has 6 nitrogen and oxygen atoms in total. The van der Waals surface area contributed by atoms with Gasteiger partial charge < -0.3 is 19.7 Å². The Morgan fingerprint density at radius 2 is 1.40 bits per heavy atom. The number of carboxylic acids is 2. The average Bonchev–Trinajstić information content (AvgIpc) is 2.75. The molecule has 0 aliphatic rings. The predicted molar refractivity (Wildman–Crippen MR) is 113 cm³/mol. The molecule has 0 bridgehead atoms. The molecule has 2 aromatic rings. The van der Waals surface area contributed by atoms with Crippen molar-refractivity contribution < 1.29 is 55.6 Å². The molecule has 0 saturated heterocycles. The van der Waals surface area contributed by atoms with Crippen LogP contribution in [0.5, 0.6) is 11.5 Å². The van der Waals surface area contributed by atoms with Crippen molar-refractivity contribution in [2.45, 2.75) is 45.5 Å². The van der Waals surface area contributed by atoms with Crippen molar-refractivity contribution in [2.75, 3.05) is 13.2 Å². The fraction of sp³-hybridized carbons (Fsp3) is 0.391. The first-order chi connectivity index (χ1) is 16.1. The van der Waals surface area contributed by atoms with Crippen molar-refractivity contribution >= 4 is 11.9 Å². The van der Waals surface area contributed by atoms with Crippen LogP contribution in [0.3, 0.4) is 0 Å². The Labute approximate surface area is 197 Å². The van der Waals surface area contributed by atoms with E-state index in [4.69, 9.17) is 10.2 Å². The average molecular weight is 510 g/mol. The zero-order chi connectivity index (χ0) is 26.8. The molecule has 35 heavy (non-hydrogen) atoms. The van der Waals surface area contributed by atoms with E-state index in [0.29, 0.717) is 11.6 Å². The van der Waals surface area contributed by atoms with Crippen LogP contribution in [0.15, 0.2) is 36.4 Å². The summed E-state index contributed by atoms with van der Waals surface area (Å²) in [5, 5.41) is 17.8. The number of halogens is 6. The molecule has 0 saturated carbocycles. The molecule has 0 amide bonds. The van der Waals surface area contributed by atoms with Gasteiger partial charge in [-0.3, -0.25) is 0 Å². The van der Waals surface area contributed by atoms with E-state index in [1.807, 2.05) is 19.1 Å². The number of carbonyl (C=O) groups is 2. The second kappa shape index (κ2) is 12.9. The Kier molecular flexibility index (Phi) is 10.9. The Balaban J connectivity index is 0.000000379. The Bertz CT molecular complexity index is 1000. The first kappa shape index (κ1) is 29.6. The predicted octanol–water partition coefficient (Wildman–Crippen LogP) is 6.30. The Morgan fingerprint density at radius 3 is 1.91 bits per heavy atom. The van der Waals surface area contributed by atoms with Crippen LogP contribution >= 0.6 is 0 Å². The monoisotopic (exact) mass is 510 g/mol. The second-order valence-electron chi connectivity index (χ2n) is 7.34. The lowest BCUT2D eigenvalue weighted by Gasteiger charge is -2.13. The fourth-order valence-corrected chi connectivity index (χ4v) is 2.69. The minimum absolute atomic E-state index is 0.455. The van der Waals surface area contributed by atoms with E-state index in [9.17, 15) is 35.9 Å². The van der Waals surface area contributed by atoms with Crippen LogP contribution in [0, 0.1) is 6.92 Å². The van der Waals surface area contributed by atoms with E-state index >= 15 is 0 Å². The smallest absolute Gasteiger partial charge is 0.422 e. The molecule has 2 N–H and O–H groups in total. The highest BCUT2D eigenvalue weighted by Crippen LogP contribution is 2.27. The Morgan fingerprint density at radius 1 is 0.829 bits per heavy atom. The molecule has 0 fully saturated rings. The third-order valence-electron chi connectivity index (χ3n) is 4.27. The zero-order valence-electron chi connectivity index (χ0n) is 18.8. The maximum absolute atomic E-state index is 12.0. The van der Waals surface area contributed by atoms with Crippen LogP contribution in [0.25, 0.3) is 0 Å². The third-order valence-corrected chi connectivity index (χ3v) is 4.27. The number of hydrogen-bond acceptors (Lipinski definition) is 4. The van der Waals surface area contributed by atoms with E-state index in [1.165, 1.54) is 0 Å². The summed E-state index contributed by atoms with van der Waals surface area (Å²) in [7, 11) is 0. The highest BCUT2D eigenvalue weighted by atomic mass is 19.4.